The lowest BCUT2D eigenvalue weighted by Crippen LogP contribution is -2.47. The predicted octanol–water partition coefficient (Wildman–Crippen LogP) is -0.0788. The van der Waals surface area contributed by atoms with E-state index in [9.17, 15) is 13.2 Å². The number of nitrogens with one attached hydrogen (secondary N) is 1. The Labute approximate surface area is 107 Å². The van der Waals surface area contributed by atoms with Crippen molar-refractivity contribution < 1.29 is 18.3 Å². The van der Waals surface area contributed by atoms with E-state index in [1.807, 2.05) is 6.07 Å². The zero-order valence-electron chi connectivity index (χ0n) is 10.0. The van der Waals surface area contributed by atoms with Gasteiger partial charge in [0.15, 0.2) is 0 Å². The maximum atomic E-state index is 11.9. The van der Waals surface area contributed by atoms with Crippen LogP contribution < -0.4 is 4.72 Å². The molecule has 1 aliphatic rings. The van der Waals surface area contributed by atoms with Crippen LogP contribution in [0.4, 0.5) is 0 Å². The summed E-state index contributed by atoms with van der Waals surface area (Å²) in [6, 6.07) is 1.93. The van der Waals surface area contributed by atoms with E-state index in [0.29, 0.717) is 32.2 Å². The molecule has 2 N–H and O–H groups in total. The van der Waals surface area contributed by atoms with E-state index in [1.54, 1.807) is 0 Å². The van der Waals surface area contributed by atoms with Gasteiger partial charge < -0.3 is 5.11 Å². The highest BCUT2D eigenvalue weighted by atomic mass is 32.2. The van der Waals surface area contributed by atoms with Gasteiger partial charge in [0.05, 0.1) is 12.0 Å². The van der Waals surface area contributed by atoms with Gasteiger partial charge in [-0.2, -0.15) is 18.0 Å². The number of rotatable bonds is 6. The van der Waals surface area contributed by atoms with Crippen molar-refractivity contribution in [1.82, 2.24) is 9.03 Å². The second-order valence-electron chi connectivity index (χ2n) is 4.20. The Morgan fingerprint density at radius 3 is 2.89 bits per heavy atom. The van der Waals surface area contributed by atoms with Crippen LogP contribution in [-0.2, 0) is 15.0 Å². The Bertz CT molecular complexity index is 429. The van der Waals surface area contributed by atoms with Gasteiger partial charge >= 0.3 is 5.97 Å². The zero-order valence-corrected chi connectivity index (χ0v) is 10.8. The fourth-order valence-corrected chi connectivity index (χ4v) is 3.15. The van der Waals surface area contributed by atoms with Crippen molar-refractivity contribution in [3.05, 3.63) is 0 Å². The van der Waals surface area contributed by atoms with Crippen LogP contribution in [0, 0.1) is 17.2 Å². The molecule has 0 aromatic rings. The Hall–Kier alpha value is -1.17. The number of hydrogen-bond acceptors (Lipinski definition) is 4. The zero-order chi connectivity index (χ0) is 13.6. The second kappa shape index (κ2) is 6.68. The van der Waals surface area contributed by atoms with Crippen LogP contribution in [-0.4, -0.2) is 43.4 Å². The molecule has 0 aromatic carbocycles. The number of piperidine rings is 1. The van der Waals surface area contributed by atoms with Gasteiger partial charge in [0.25, 0.3) is 10.2 Å². The summed E-state index contributed by atoms with van der Waals surface area (Å²) in [6.07, 6.45) is 1.80. The van der Waals surface area contributed by atoms with Gasteiger partial charge in [-0.15, -0.1) is 0 Å². The molecule has 0 aliphatic carbocycles. The van der Waals surface area contributed by atoms with Crippen LogP contribution >= 0.6 is 0 Å². The minimum Gasteiger partial charge on any atom is -0.481 e. The van der Waals surface area contributed by atoms with Crippen molar-refractivity contribution in [3.8, 4) is 6.07 Å². The molecule has 1 aliphatic heterocycles. The number of unbranched alkanes of at least 4 members (excludes halogenated alkanes) is 1. The summed E-state index contributed by atoms with van der Waals surface area (Å²) in [6.45, 7) is 0.560. The number of carbonyl (C=O) groups is 1. The molecule has 0 spiro atoms. The Morgan fingerprint density at radius 1 is 1.56 bits per heavy atom. The van der Waals surface area contributed by atoms with Gasteiger partial charge in [-0.1, -0.05) is 0 Å². The highest BCUT2D eigenvalue weighted by molar-refractivity contribution is 7.87. The lowest BCUT2D eigenvalue weighted by molar-refractivity contribution is -0.142. The molecule has 0 amide bonds. The van der Waals surface area contributed by atoms with Crippen molar-refractivity contribution >= 4 is 16.2 Å². The fraction of sp³-hybridized carbons (Fsp3) is 0.800. The number of aliphatic carboxylic acids is 1. The van der Waals surface area contributed by atoms with Crippen molar-refractivity contribution in [2.75, 3.05) is 19.6 Å². The molecular weight excluding hydrogens is 258 g/mol. The number of hydrogen-bond donors (Lipinski definition) is 2. The van der Waals surface area contributed by atoms with Gasteiger partial charge in [0.1, 0.15) is 0 Å². The van der Waals surface area contributed by atoms with Crippen molar-refractivity contribution in [2.24, 2.45) is 5.92 Å². The molecule has 1 unspecified atom stereocenters. The van der Waals surface area contributed by atoms with Crippen LogP contribution in [0.1, 0.15) is 25.7 Å². The Kier molecular flexibility index (Phi) is 5.53. The first kappa shape index (κ1) is 14.9. The summed E-state index contributed by atoms with van der Waals surface area (Å²) in [4.78, 5) is 10.8. The van der Waals surface area contributed by atoms with Crippen LogP contribution in [0.15, 0.2) is 0 Å². The minimum atomic E-state index is -3.62. The SMILES string of the molecule is N#CCCCNS(=O)(=O)N1CCCC(C(=O)O)C1. The second-order valence-corrected chi connectivity index (χ2v) is 5.95. The van der Waals surface area contributed by atoms with Crippen LogP contribution in [0.2, 0.25) is 0 Å². The fourth-order valence-electron chi connectivity index (χ4n) is 1.82. The summed E-state index contributed by atoms with van der Waals surface area (Å²) in [5.41, 5.74) is 0. The van der Waals surface area contributed by atoms with E-state index in [-0.39, 0.29) is 13.1 Å². The lowest BCUT2D eigenvalue weighted by Gasteiger charge is -2.29. The van der Waals surface area contributed by atoms with Gasteiger partial charge in [0, 0.05) is 26.1 Å². The average Bonchev–Trinajstić information content (AvgIpc) is 2.35. The van der Waals surface area contributed by atoms with Gasteiger partial charge in [-0.05, 0) is 19.3 Å². The van der Waals surface area contributed by atoms with Crippen molar-refractivity contribution in [1.29, 1.82) is 5.26 Å². The van der Waals surface area contributed by atoms with Crippen LogP contribution in [0.5, 0.6) is 0 Å². The topological polar surface area (TPSA) is 111 Å². The Balaban J connectivity index is 2.51. The molecule has 1 saturated heterocycles. The third-order valence-electron chi connectivity index (χ3n) is 2.82. The van der Waals surface area contributed by atoms with Gasteiger partial charge in [0.2, 0.25) is 0 Å². The molecule has 0 bridgehead atoms. The normalized spacial score (nSPS) is 21.4. The number of nitriles is 1. The van der Waals surface area contributed by atoms with E-state index < -0.39 is 22.1 Å². The van der Waals surface area contributed by atoms with E-state index in [2.05, 4.69) is 4.72 Å². The monoisotopic (exact) mass is 275 g/mol. The highest BCUT2D eigenvalue weighted by Crippen LogP contribution is 2.18. The van der Waals surface area contributed by atoms with E-state index in [4.69, 9.17) is 10.4 Å². The summed E-state index contributed by atoms with van der Waals surface area (Å²) in [7, 11) is -3.62. The molecule has 0 aromatic heterocycles. The van der Waals surface area contributed by atoms with Crippen molar-refractivity contribution in [2.45, 2.75) is 25.7 Å². The molecular formula is C10H17N3O4S. The summed E-state index contributed by atoms with van der Waals surface area (Å²) >= 11 is 0. The largest absolute Gasteiger partial charge is 0.481 e. The molecule has 8 heteroatoms. The van der Waals surface area contributed by atoms with Gasteiger partial charge in [-0.25, -0.2) is 4.72 Å². The van der Waals surface area contributed by atoms with E-state index >= 15 is 0 Å². The highest BCUT2D eigenvalue weighted by Gasteiger charge is 2.31. The van der Waals surface area contributed by atoms with E-state index in [0.717, 1.165) is 0 Å². The number of nitrogens with zero attached hydrogens (tertiary/aromatic N) is 2. The third-order valence-corrected chi connectivity index (χ3v) is 4.40. The average molecular weight is 275 g/mol. The number of carboxylic acids is 1. The van der Waals surface area contributed by atoms with Gasteiger partial charge in [-0.3, -0.25) is 4.79 Å². The quantitative estimate of drug-likeness (QED) is 0.659. The van der Waals surface area contributed by atoms with Crippen LogP contribution in [0.25, 0.3) is 0 Å². The van der Waals surface area contributed by atoms with E-state index in [1.165, 1.54) is 4.31 Å². The standard InChI is InChI=1S/C10H17N3O4S/c11-5-1-2-6-12-18(16,17)13-7-3-4-9(8-13)10(14)15/h9,12H,1-4,6-8H2,(H,14,15). The lowest BCUT2D eigenvalue weighted by atomic mass is 10.0. The summed E-state index contributed by atoms with van der Waals surface area (Å²) < 4.78 is 27.3. The molecule has 7 nitrogen and oxygen atoms in total. The summed E-state index contributed by atoms with van der Waals surface area (Å²) in [5, 5.41) is 17.2. The molecule has 1 atom stereocenters. The number of carboxylic acid groups (broad SMARTS) is 1. The van der Waals surface area contributed by atoms with Crippen LogP contribution in [0.3, 0.4) is 0 Å². The first-order valence-electron chi connectivity index (χ1n) is 5.82. The molecule has 18 heavy (non-hydrogen) atoms. The maximum Gasteiger partial charge on any atom is 0.307 e. The molecule has 102 valence electrons. The first-order chi connectivity index (χ1) is 8.47. The first-order valence-corrected chi connectivity index (χ1v) is 7.26. The third kappa shape index (κ3) is 4.25. The molecule has 1 fully saturated rings. The molecule has 0 radical (unpaired) electrons. The molecule has 1 rings (SSSR count). The summed E-state index contributed by atoms with van der Waals surface area (Å²) in [5.74, 6) is -1.59. The van der Waals surface area contributed by atoms with Crippen molar-refractivity contribution in [3.63, 3.8) is 0 Å². The maximum absolute atomic E-state index is 11.9. The minimum absolute atomic E-state index is 0.0168. The Morgan fingerprint density at radius 2 is 2.28 bits per heavy atom. The molecule has 1 heterocycles. The smallest absolute Gasteiger partial charge is 0.307 e. The predicted molar refractivity (Wildman–Crippen MR) is 63.7 cm³/mol. The molecule has 0 saturated carbocycles.